The van der Waals surface area contributed by atoms with E-state index < -0.39 is 10.0 Å². The molecular formula is C24H32N4O4S. The number of sulfonamides is 1. The van der Waals surface area contributed by atoms with Crippen molar-refractivity contribution in [1.82, 2.24) is 4.31 Å². The Bertz CT molecular complexity index is 1060. The number of hydrogen-bond acceptors (Lipinski definition) is 6. The van der Waals surface area contributed by atoms with Gasteiger partial charge in [-0.1, -0.05) is 12.5 Å². The van der Waals surface area contributed by atoms with Gasteiger partial charge in [0.25, 0.3) is 0 Å². The summed E-state index contributed by atoms with van der Waals surface area (Å²) >= 11 is 0. The first-order chi connectivity index (χ1) is 15.9. The molecule has 0 unspecified atom stereocenters. The van der Waals surface area contributed by atoms with Crippen molar-refractivity contribution >= 4 is 33.0 Å². The van der Waals surface area contributed by atoms with E-state index in [4.69, 9.17) is 4.74 Å². The van der Waals surface area contributed by atoms with Crippen molar-refractivity contribution in [2.45, 2.75) is 31.1 Å². The average Bonchev–Trinajstić information content (AvgIpc) is 2.85. The second-order valence-corrected chi connectivity index (χ2v) is 10.4. The van der Waals surface area contributed by atoms with Gasteiger partial charge in [-0.05, 0) is 61.7 Å². The maximum atomic E-state index is 13.0. The summed E-state index contributed by atoms with van der Waals surface area (Å²) in [5, 5.41) is 5.98. The van der Waals surface area contributed by atoms with Crippen molar-refractivity contribution in [3.63, 3.8) is 0 Å². The summed E-state index contributed by atoms with van der Waals surface area (Å²) in [7, 11) is -3.52. The molecule has 0 aromatic heterocycles. The molecule has 0 bridgehead atoms. The molecule has 2 N–H and O–H groups in total. The van der Waals surface area contributed by atoms with Crippen LogP contribution in [0.15, 0.2) is 47.4 Å². The van der Waals surface area contributed by atoms with E-state index in [1.807, 2.05) is 31.2 Å². The summed E-state index contributed by atoms with van der Waals surface area (Å²) in [6, 6.07) is 12.8. The van der Waals surface area contributed by atoms with Crippen LogP contribution >= 0.6 is 0 Å². The molecule has 2 fully saturated rings. The smallest absolute Gasteiger partial charge is 0.243 e. The zero-order valence-corrected chi connectivity index (χ0v) is 19.9. The lowest BCUT2D eigenvalue weighted by atomic mass is 10.2. The van der Waals surface area contributed by atoms with Crippen molar-refractivity contribution in [3.05, 3.63) is 48.0 Å². The second kappa shape index (κ2) is 10.5. The van der Waals surface area contributed by atoms with Gasteiger partial charge in [-0.25, -0.2) is 8.42 Å². The van der Waals surface area contributed by atoms with Crippen LogP contribution in [0.2, 0.25) is 0 Å². The molecule has 9 heteroatoms. The first-order valence-corrected chi connectivity index (χ1v) is 12.9. The molecule has 0 saturated carbocycles. The molecule has 2 aromatic rings. The SMILES string of the molecule is Cc1ccc(S(=O)(=O)N2CCCCC2)cc1NCC(=O)Nc1ccc(N2CCOCC2)cc1. The van der Waals surface area contributed by atoms with Gasteiger partial charge in [-0.15, -0.1) is 0 Å². The number of aryl methyl sites for hydroxylation is 1. The number of amides is 1. The fourth-order valence-electron chi connectivity index (χ4n) is 4.16. The molecule has 33 heavy (non-hydrogen) atoms. The van der Waals surface area contributed by atoms with Crippen molar-refractivity contribution < 1.29 is 17.9 Å². The van der Waals surface area contributed by atoms with Gasteiger partial charge in [0.2, 0.25) is 15.9 Å². The van der Waals surface area contributed by atoms with E-state index in [0.717, 1.165) is 62.5 Å². The molecule has 4 rings (SSSR count). The quantitative estimate of drug-likeness (QED) is 0.644. The standard InChI is InChI=1S/C24H32N4O4S/c1-19-5-10-22(33(30,31)28-11-3-2-4-12-28)17-23(19)25-18-24(29)26-20-6-8-21(9-7-20)27-13-15-32-16-14-27/h5-10,17,25H,2-4,11-16,18H2,1H3,(H,26,29). The van der Waals surface area contributed by atoms with E-state index in [0.29, 0.717) is 18.8 Å². The highest BCUT2D eigenvalue weighted by Crippen LogP contribution is 2.25. The third-order valence-corrected chi connectivity index (χ3v) is 8.02. The minimum absolute atomic E-state index is 0.0409. The van der Waals surface area contributed by atoms with Gasteiger partial charge in [0.05, 0.1) is 24.7 Å². The number of hydrogen-bond donors (Lipinski definition) is 2. The van der Waals surface area contributed by atoms with Crippen LogP contribution in [0.5, 0.6) is 0 Å². The lowest BCUT2D eigenvalue weighted by molar-refractivity contribution is -0.114. The topological polar surface area (TPSA) is 91.0 Å². The van der Waals surface area contributed by atoms with Crippen molar-refractivity contribution in [1.29, 1.82) is 0 Å². The van der Waals surface area contributed by atoms with Crippen molar-refractivity contribution in [2.75, 3.05) is 61.5 Å². The minimum atomic E-state index is -3.52. The number of ether oxygens (including phenoxy) is 1. The summed E-state index contributed by atoms with van der Waals surface area (Å²) in [6.07, 6.45) is 2.85. The monoisotopic (exact) mass is 472 g/mol. The van der Waals surface area contributed by atoms with Gasteiger partial charge in [0, 0.05) is 43.2 Å². The van der Waals surface area contributed by atoms with E-state index in [2.05, 4.69) is 15.5 Å². The number of anilines is 3. The Hall–Kier alpha value is -2.62. The number of morpholine rings is 1. The van der Waals surface area contributed by atoms with E-state index in [-0.39, 0.29) is 17.3 Å². The predicted octanol–water partition coefficient (Wildman–Crippen LogP) is 3.06. The molecule has 0 aliphatic carbocycles. The fourth-order valence-corrected chi connectivity index (χ4v) is 5.71. The first kappa shape index (κ1) is 23.5. The summed E-state index contributed by atoms with van der Waals surface area (Å²) in [5.74, 6) is -0.196. The number of rotatable bonds is 7. The molecule has 2 aromatic carbocycles. The van der Waals surface area contributed by atoms with E-state index in [1.165, 1.54) is 0 Å². The summed E-state index contributed by atoms with van der Waals surface area (Å²) in [6.45, 7) is 6.23. The number of nitrogens with zero attached hydrogens (tertiary/aromatic N) is 2. The zero-order chi connectivity index (χ0) is 23.3. The van der Waals surface area contributed by atoms with Crippen LogP contribution in [0.3, 0.4) is 0 Å². The average molecular weight is 473 g/mol. The molecular weight excluding hydrogens is 440 g/mol. The fraction of sp³-hybridized carbons (Fsp3) is 0.458. The van der Waals surface area contributed by atoms with E-state index in [1.54, 1.807) is 22.5 Å². The maximum absolute atomic E-state index is 13.0. The van der Waals surface area contributed by atoms with Crippen LogP contribution < -0.4 is 15.5 Å². The molecule has 1 amide bonds. The third-order valence-electron chi connectivity index (χ3n) is 6.13. The Morgan fingerprint density at radius 3 is 2.36 bits per heavy atom. The molecule has 2 aliphatic rings. The van der Waals surface area contributed by atoms with Crippen LogP contribution in [0.25, 0.3) is 0 Å². The zero-order valence-electron chi connectivity index (χ0n) is 19.0. The van der Waals surface area contributed by atoms with Crippen LogP contribution in [0, 0.1) is 6.92 Å². The Morgan fingerprint density at radius 1 is 0.970 bits per heavy atom. The molecule has 2 aliphatic heterocycles. The highest BCUT2D eigenvalue weighted by atomic mass is 32.2. The van der Waals surface area contributed by atoms with Gasteiger partial charge in [-0.2, -0.15) is 4.31 Å². The molecule has 0 spiro atoms. The number of piperidine rings is 1. The predicted molar refractivity (Wildman–Crippen MR) is 130 cm³/mol. The van der Waals surface area contributed by atoms with Gasteiger partial charge < -0.3 is 20.3 Å². The van der Waals surface area contributed by atoms with Crippen LogP contribution in [0.4, 0.5) is 17.1 Å². The lowest BCUT2D eigenvalue weighted by Gasteiger charge is -2.28. The highest BCUT2D eigenvalue weighted by molar-refractivity contribution is 7.89. The van der Waals surface area contributed by atoms with Crippen LogP contribution in [0.1, 0.15) is 24.8 Å². The number of benzene rings is 2. The Balaban J connectivity index is 1.35. The second-order valence-electron chi connectivity index (χ2n) is 8.49. The number of nitrogens with one attached hydrogen (secondary N) is 2. The number of carbonyl (C=O) groups excluding carboxylic acids is 1. The summed E-state index contributed by atoms with van der Waals surface area (Å²) < 4.78 is 32.9. The Labute approximate surface area is 196 Å². The number of carbonyl (C=O) groups is 1. The molecule has 0 atom stereocenters. The van der Waals surface area contributed by atoms with Gasteiger partial charge in [0.15, 0.2) is 0 Å². The van der Waals surface area contributed by atoms with Gasteiger partial charge in [-0.3, -0.25) is 4.79 Å². The van der Waals surface area contributed by atoms with Crippen LogP contribution in [-0.2, 0) is 19.6 Å². The van der Waals surface area contributed by atoms with E-state index >= 15 is 0 Å². The molecule has 0 radical (unpaired) electrons. The normalized spacial score (nSPS) is 17.5. The van der Waals surface area contributed by atoms with Crippen molar-refractivity contribution in [2.24, 2.45) is 0 Å². The molecule has 2 heterocycles. The molecule has 8 nitrogen and oxygen atoms in total. The highest BCUT2D eigenvalue weighted by Gasteiger charge is 2.26. The lowest BCUT2D eigenvalue weighted by Crippen LogP contribution is -2.36. The minimum Gasteiger partial charge on any atom is -0.378 e. The third kappa shape index (κ3) is 5.85. The van der Waals surface area contributed by atoms with Crippen molar-refractivity contribution in [3.8, 4) is 0 Å². The largest absolute Gasteiger partial charge is 0.378 e. The maximum Gasteiger partial charge on any atom is 0.243 e. The first-order valence-electron chi connectivity index (χ1n) is 11.5. The summed E-state index contributed by atoms with van der Waals surface area (Å²) in [5.41, 5.74) is 3.36. The van der Waals surface area contributed by atoms with Crippen LogP contribution in [-0.4, -0.2) is 64.6 Å². The van der Waals surface area contributed by atoms with E-state index in [9.17, 15) is 13.2 Å². The van der Waals surface area contributed by atoms with Gasteiger partial charge >= 0.3 is 0 Å². The molecule has 2 saturated heterocycles. The Morgan fingerprint density at radius 2 is 1.67 bits per heavy atom. The van der Waals surface area contributed by atoms with Gasteiger partial charge in [0.1, 0.15) is 0 Å². The Kier molecular flexibility index (Phi) is 7.52. The summed E-state index contributed by atoms with van der Waals surface area (Å²) in [4.78, 5) is 15.0. The molecule has 178 valence electrons.